The van der Waals surface area contributed by atoms with Crippen molar-refractivity contribution >= 4 is 57.0 Å². The average molecular weight is 432 g/mol. The smallest absolute Gasteiger partial charge is 0.165 e. The minimum absolute atomic E-state index is 0.217. The number of aryl methyl sites for hydroxylation is 1. The maximum Gasteiger partial charge on any atom is 0.165 e. The van der Waals surface area contributed by atoms with Gasteiger partial charge in [-0.05, 0) is 66.8 Å². The number of fused-ring (bicyclic) bond motifs is 1. The fraction of sp³-hybridized carbons (Fsp3) is 0.200. The van der Waals surface area contributed by atoms with Crippen molar-refractivity contribution in [2.45, 2.75) is 19.2 Å². The van der Waals surface area contributed by atoms with Crippen LogP contribution in [-0.4, -0.2) is 14.5 Å². The fourth-order valence-electron chi connectivity index (χ4n) is 2.24. The molecule has 108 valence electrons. The van der Waals surface area contributed by atoms with Gasteiger partial charge in [-0.3, -0.25) is 4.57 Å². The summed E-state index contributed by atoms with van der Waals surface area (Å²) in [6, 6.07) is 9.68. The van der Waals surface area contributed by atoms with E-state index < -0.39 is 0 Å². The summed E-state index contributed by atoms with van der Waals surface area (Å²) >= 11 is 14.6. The number of nitrogens with zero attached hydrogens (tertiary/aromatic N) is 3. The number of hydrogen-bond donors (Lipinski definition) is 0. The Morgan fingerprint density at radius 2 is 1.95 bits per heavy atom. The minimum atomic E-state index is -0.217. The number of hydrogen-bond acceptors (Lipinski definition) is 2. The summed E-state index contributed by atoms with van der Waals surface area (Å²) < 4.78 is 3.04. The quantitative estimate of drug-likeness (QED) is 0.407. The predicted molar refractivity (Wildman–Crippen MR) is 95.6 cm³/mol. The van der Waals surface area contributed by atoms with Gasteiger partial charge in [-0.15, -0.1) is 11.6 Å². The number of alkyl halides is 1. The summed E-state index contributed by atoms with van der Waals surface area (Å²) in [6.07, 6.45) is 0. The van der Waals surface area contributed by atoms with E-state index in [1.165, 1.54) is 0 Å². The Bertz CT molecular complexity index is 827. The van der Waals surface area contributed by atoms with Gasteiger partial charge in [0, 0.05) is 14.3 Å². The first-order valence-electron chi connectivity index (χ1n) is 6.43. The molecule has 1 unspecified atom stereocenters. The van der Waals surface area contributed by atoms with Gasteiger partial charge < -0.3 is 0 Å². The molecule has 0 bridgehead atoms. The van der Waals surface area contributed by atoms with Crippen molar-refractivity contribution in [1.29, 1.82) is 0 Å². The summed E-state index contributed by atoms with van der Waals surface area (Å²) in [5, 5.41) is 0.489. The van der Waals surface area contributed by atoms with E-state index in [-0.39, 0.29) is 5.38 Å². The molecule has 3 aromatic rings. The van der Waals surface area contributed by atoms with Crippen LogP contribution in [0.2, 0.25) is 5.02 Å². The molecule has 1 atom stereocenters. The van der Waals surface area contributed by atoms with E-state index in [1.807, 2.05) is 48.7 Å². The topological polar surface area (TPSA) is 30.7 Å². The van der Waals surface area contributed by atoms with E-state index >= 15 is 0 Å². The Kier molecular flexibility index (Phi) is 4.12. The Morgan fingerprint density at radius 3 is 2.62 bits per heavy atom. The fourth-order valence-corrected chi connectivity index (χ4v) is 3.50. The van der Waals surface area contributed by atoms with Gasteiger partial charge in [-0.1, -0.05) is 11.6 Å². The normalized spacial score (nSPS) is 12.8. The van der Waals surface area contributed by atoms with Crippen LogP contribution in [0.3, 0.4) is 0 Å². The molecule has 0 fully saturated rings. The molecule has 6 heteroatoms. The molecule has 0 aliphatic rings. The van der Waals surface area contributed by atoms with Crippen LogP contribution < -0.4 is 0 Å². The number of benzene rings is 1. The zero-order valence-corrected chi connectivity index (χ0v) is 15.1. The number of aromatic nitrogens is 3. The molecule has 3 nitrogen and oxygen atoms in total. The van der Waals surface area contributed by atoms with Crippen LogP contribution in [-0.2, 0) is 0 Å². The number of rotatable bonds is 2. The monoisotopic (exact) mass is 431 g/mol. The SMILES string of the molecule is Cc1ccc2nc(C(C)Cl)n(-c3ccc(Cl)cc3I)c2n1. The van der Waals surface area contributed by atoms with Gasteiger partial charge >= 0.3 is 0 Å². The number of imidazole rings is 1. The van der Waals surface area contributed by atoms with Gasteiger partial charge in [0.2, 0.25) is 0 Å². The molecular formula is C15H12Cl2IN3. The summed E-state index contributed by atoms with van der Waals surface area (Å²) in [4.78, 5) is 9.25. The summed E-state index contributed by atoms with van der Waals surface area (Å²) in [5.74, 6) is 0.782. The van der Waals surface area contributed by atoms with Crippen molar-refractivity contribution in [3.05, 3.63) is 50.4 Å². The maximum atomic E-state index is 6.31. The van der Waals surface area contributed by atoms with E-state index in [1.54, 1.807) is 0 Å². The molecule has 21 heavy (non-hydrogen) atoms. The lowest BCUT2D eigenvalue weighted by molar-refractivity contribution is 0.873. The summed E-state index contributed by atoms with van der Waals surface area (Å²) in [5.41, 5.74) is 3.59. The van der Waals surface area contributed by atoms with Crippen LogP contribution >= 0.6 is 45.8 Å². The second-order valence-corrected chi connectivity index (χ2v) is 7.07. The standard InChI is InChI=1S/C15H12Cl2IN3/c1-8-3-5-12-15(19-8)21(14(20-12)9(2)16)13-6-4-10(17)7-11(13)18/h3-7,9H,1-2H3. The van der Waals surface area contributed by atoms with Gasteiger partial charge in [0.15, 0.2) is 5.65 Å². The van der Waals surface area contributed by atoms with Gasteiger partial charge in [0.1, 0.15) is 11.3 Å². The van der Waals surface area contributed by atoms with Crippen LogP contribution in [0.4, 0.5) is 0 Å². The zero-order chi connectivity index (χ0) is 15.1. The van der Waals surface area contributed by atoms with Gasteiger partial charge in [-0.25, -0.2) is 9.97 Å². The largest absolute Gasteiger partial charge is 0.278 e. The average Bonchev–Trinajstić information content (AvgIpc) is 2.77. The van der Waals surface area contributed by atoms with Crippen LogP contribution in [0.15, 0.2) is 30.3 Å². The first-order valence-corrected chi connectivity index (χ1v) is 8.32. The number of pyridine rings is 1. The van der Waals surface area contributed by atoms with E-state index in [9.17, 15) is 0 Å². The van der Waals surface area contributed by atoms with Gasteiger partial charge in [0.25, 0.3) is 0 Å². The highest BCUT2D eigenvalue weighted by atomic mass is 127. The molecule has 0 saturated carbocycles. The third kappa shape index (κ3) is 2.76. The van der Waals surface area contributed by atoms with E-state index in [4.69, 9.17) is 23.2 Å². The lowest BCUT2D eigenvalue weighted by Gasteiger charge is -2.12. The molecule has 0 spiro atoms. The lowest BCUT2D eigenvalue weighted by Crippen LogP contribution is -2.04. The third-order valence-corrected chi connectivity index (χ3v) is 4.47. The van der Waals surface area contributed by atoms with Crippen molar-refractivity contribution in [3.63, 3.8) is 0 Å². The first kappa shape index (κ1) is 15.1. The Morgan fingerprint density at radius 1 is 1.19 bits per heavy atom. The second kappa shape index (κ2) is 5.74. The molecule has 2 heterocycles. The van der Waals surface area contributed by atoms with Gasteiger partial charge in [-0.2, -0.15) is 0 Å². The highest BCUT2D eigenvalue weighted by molar-refractivity contribution is 14.1. The van der Waals surface area contributed by atoms with Crippen molar-refractivity contribution in [3.8, 4) is 5.69 Å². The van der Waals surface area contributed by atoms with Gasteiger partial charge in [0.05, 0.1) is 11.1 Å². The third-order valence-electron chi connectivity index (χ3n) is 3.18. The molecule has 0 saturated heterocycles. The Labute approximate surface area is 146 Å². The Hall–Kier alpha value is -0.850. The molecule has 0 aliphatic heterocycles. The van der Waals surface area contributed by atoms with Crippen LogP contribution in [0.25, 0.3) is 16.9 Å². The van der Waals surface area contributed by atoms with E-state index in [0.29, 0.717) is 5.02 Å². The molecule has 0 N–H and O–H groups in total. The molecule has 0 radical (unpaired) electrons. The molecule has 0 aliphatic carbocycles. The molecule has 1 aromatic carbocycles. The molecule has 3 rings (SSSR count). The van der Waals surface area contributed by atoms with Crippen molar-refractivity contribution in [2.75, 3.05) is 0 Å². The highest BCUT2D eigenvalue weighted by Crippen LogP contribution is 2.30. The number of halogens is 3. The van der Waals surface area contributed by atoms with Crippen molar-refractivity contribution < 1.29 is 0 Å². The Balaban J connectivity index is 2.38. The molecule has 2 aromatic heterocycles. The first-order chi connectivity index (χ1) is 9.97. The van der Waals surface area contributed by atoms with E-state index in [2.05, 4.69) is 32.6 Å². The molecule has 0 amide bonds. The summed E-state index contributed by atoms with van der Waals surface area (Å²) in [6.45, 7) is 3.88. The zero-order valence-electron chi connectivity index (χ0n) is 11.4. The second-order valence-electron chi connectivity index (χ2n) is 4.81. The maximum absolute atomic E-state index is 6.31. The van der Waals surface area contributed by atoms with Crippen molar-refractivity contribution in [1.82, 2.24) is 14.5 Å². The van der Waals surface area contributed by atoms with Crippen LogP contribution in [0.1, 0.15) is 23.8 Å². The lowest BCUT2D eigenvalue weighted by atomic mass is 10.3. The highest BCUT2D eigenvalue weighted by Gasteiger charge is 2.19. The minimum Gasteiger partial charge on any atom is -0.278 e. The van der Waals surface area contributed by atoms with Crippen LogP contribution in [0.5, 0.6) is 0 Å². The predicted octanol–water partition coefficient (Wildman–Crippen LogP) is 5.29. The summed E-state index contributed by atoms with van der Waals surface area (Å²) in [7, 11) is 0. The van der Waals surface area contributed by atoms with Crippen LogP contribution in [0, 0.1) is 10.5 Å². The van der Waals surface area contributed by atoms with Crippen molar-refractivity contribution in [2.24, 2.45) is 0 Å². The molecular weight excluding hydrogens is 420 g/mol. The van der Waals surface area contributed by atoms with E-state index in [0.717, 1.165) is 31.9 Å².